The molecule has 0 aromatic rings. The molecule has 0 radical (unpaired) electrons. The SMILES string of the molecule is CCCCCCC(C)CCCCCCC1CC12CC2. The summed E-state index contributed by atoms with van der Waals surface area (Å²) < 4.78 is 0. The Hall–Kier alpha value is 0. The van der Waals surface area contributed by atoms with Crippen LogP contribution in [0.1, 0.15) is 104 Å². The average molecular weight is 264 g/mol. The summed E-state index contributed by atoms with van der Waals surface area (Å²) in [4.78, 5) is 0. The highest BCUT2D eigenvalue weighted by atomic mass is 14.7. The van der Waals surface area contributed by atoms with Crippen molar-refractivity contribution < 1.29 is 0 Å². The predicted octanol–water partition coefficient (Wildman–Crippen LogP) is 6.73. The average Bonchev–Trinajstić information content (AvgIpc) is 3.31. The second-order valence-electron chi connectivity index (χ2n) is 7.71. The van der Waals surface area contributed by atoms with Gasteiger partial charge in [0.2, 0.25) is 0 Å². The molecule has 0 N–H and O–H groups in total. The summed E-state index contributed by atoms with van der Waals surface area (Å²) >= 11 is 0. The molecule has 2 fully saturated rings. The fourth-order valence-electron chi connectivity index (χ4n) is 3.91. The van der Waals surface area contributed by atoms with Crippen LogP contribution in [0.15, 0.2) is 0 Å². The monoisotopic (exact) mass is 264 g/mol. The van der Waals surface area contributed by atoms with Gasteiger partial charge in [-0.25, -0.2) is 0 Å². The van der Waals surface area contributed by atoms with Crippen molar-refractivity contribution in [2.45, 2.75) is 104 Å². The minimum absolute atomic E-state index is 0.951. The molecular weight excluding hydrogens is 228 g/mol. The van der Waals surface area contributed by atoms with Crippen molar-refractivity contribution in [2.75, 3.05) is 0 Å². The van der Waals surface area contributed by atoms with Crippen molar-refractivity contribution in [1.82, 2.24) is 0 Å². The van der Waals surface area contributed by atoms with Crippen LogP contribution in [0.5, 0.6) is 0 Å². The minimum Gasteiger partial charge on any atom is -0.0654 e. The van der Waals surface area contributed by atoms with E-state index in [0.717, 1.165) is 11.3 Å². The third-order valence-electron chi connectivity index (χ3n) is 5.80. The summed E-state index contributed by atoms with van der Waals surface area (Å²) in [6.07, 6.45) is 21.0. The molecule has 2 aliphatic rings. The minimum atomic E-state index is 0.951. The van der Waals surface area contributed by atoms with E-state index in [1.807, 2.05) is 0 Å². The largest absolute Gasteiger partial charge is 0.0654 e. The first-order chi connectivity index (χ1) is 9.27. The highest BCUT2D eigenvalue weighted by molar-refractivity contribution is 5.11. The number of hydrogen-bond acceptors (Lipinski definition) is 0. The topological polar surface area (TPSA) is 0 Å². The first kappa shape index (κ1) is 15.4. The predicted molar refractivity (Wildman–Crippen MR) is 85.4 cm³/mol. The van der Waals surface area contributed by atoms with Crippen LogP contribution in [0.4, 0.5) is 0 Å². The van der Waals surface area contributed by atoms with Crippen molar-refractivity contribution in [3.63, 3.8) is 0 Å². The van der Waals surface area contributed by atoms with Crippen LogP contribution in [-0.4, -0.2) is 0 Å². The molecule has 2 saturated carbocycles. The summed E-state index contributed by atoms with van der Waals surface area (Å²) in [7, 11) is 0. The molecule has 112 valence electrons. The molecule has 1 spiro atoms. The quantitative estimate of drug-likeness (QED) is 0.343. The maximum Gasteiger partial charge on any atom is -0.0266 e. The lowest BCUT2D eigenvalue weighted by molar-refractivity contribution is 0.432. The highest BCUT2D eigenvalue weighted by Crippen LogP contribution is 2.71. The van der Waals surface area contributed by atoms with E-state index in [-0.39, 0.29) is 0 Å². The van der Waals surface area contributed by atoms with E-state index in [1.54, 1.807) is 25.7 Å². The molecule has 0 amide bonds. The standard InChI is InChI=1S/C19H36/c1-3-4-5-8-11-17(2)12-9-6-7-10-13-18-16-19(18)14-15-19/h17-18H,3-16H2,1-2H3. The molecule has 0 saturated heterocycles. The van der Waals surface area contributed by atoms with Crippen LogP contribution in [0.25, 0.3) is 0 Å². The lowest BCUT2D eigenvalue weighted by Gasteiger charge is -2.10. The summed E-state index contributed by atoms with van der Waals surface area (Å²) in [6.45, 7) is 4.77. The molecule has 2 aliphatic carbocycles. The fraction of sp³-hybridized carbons (Fsp3) is 1.00. The van der Waals surface area contributed by atoms with Gasteiger partial charge in [0, 0.05) is 0 Å². The van der Waals surface area contributed by atoms with E-state index in [2.05, 4.69) is 13.8 Å². The Morgan fingerprint density at radius 2 is 1.53 bits per heavy atom. The third-order valence-corrected chi connectivity index (χ3v) is 5.80. The van der Waals surface area contributed by atoms with E-state index >= 15 is 0 Å². The van der Waals surface area contributed by atoms with Gasteiger partial charge in [0.15, 0.2) is 0 Å². The Balaban J connectivity index is 1.31. The van der Waals surface area contributed by atoms with E-state index in [0.29, 0.717) is 0 Å². The molecule has 2 rings (SSSR count). The number of unbranched alkanes of at least 4 members (excludes halogenated alkanes) is 6. The molecule has 0 aliphatic heterocycles. The van der Waals surface area contributed by atoms with Gasteiger partial charge in [0.1, 0.15) is 0 Å². The second-order valence-corrected chi connectivity index (χ2v) is 7.71. The van der Waals surface area contributed by atoms with Crippen LogP contribution >= 0.6 is 0 Å². The van der Waals surface area contributed by atoms with Crippen molar-refractivity contribution in [3.05, 3.63) is 0 Å². The molecule has 0 aromatic carbocycles. The Bertz CT molecular complexity index is 238. The van der Waals surface area contributed by atoms with E-state index in [4.69, 9.17) is 0 Å². The van der Waals surface area contributed by atoms with Gasteiger partial charge in [-0.3, -0.25) is 0 Å². The maximum absolute atomic E-state index is 2.47. The van der Waals surface area contributed by atoms with Crippen molar-refractivity contribution in [1.29, 1.82) is 0 Å². The first-order valence-corrected chi connectivity index (χ1v) is 9.27. The zero-order valence-electron chi connectivity index (χ0n) is 13.6. The molecular formula is C19H36. The van der Waals surface area contributed by atoms with Crippen molar-refractivity contribution in [3.8, 4) is 0 Å². The molecule has 0 nitrogen and oxygen atoms in total. The normalized spacial score (nSPS) is 24.6. The zero-order valence-corrected chi connectivity index (χ0v) is 13.6. The van der Waals surface area contributed by atoms with Crippen LogP contribution in [0.3, 0.4) is 0 Å². The maximum atomic E-state index is 2.47. The summed E-state index contributed by atoms with van der Waals surface area (Å²) in [5.41, 5.74) is 0.951. The first-order valence-electron chi connectivity index (χ1n) is 9.27. The van der Waals surface area contributed by atoms with E-state index in [9.17, 15) is 0 Å². The summed E-state index contributed by atoms with van der Waals surface area (Å²) in [5, 5.41) is 0. The van der Waals surface area contributed by atoms with Crippen LogP contribution in [0, 0.1) is 17.3 Å². The van der Waals surface area contributed by atoms with E-state index < -0.39 is 0 Å². The molecule has 19 heavy (non-hydrogen) atoms. The number of rotatable bonds is 12. The Morgan fingerprint density at radius 1 is 0.895 bits per heavy atom. The van der Waals surface area contributed by atoms with Crippen LogP contribution in [-0.2, 0) is 0 Å². The van der Waals surface area contributed by atoms with E-state index in [1.165, 1.54) is 70.1 Å². The van der Waals surface area contributed by atoms with Gasteiger partial charge in [-0.05, 0) is 42.9 Å². The lowest BCUT2D eigenvalue weighted by Crippen LogP contribution is -1.95. The Kier molecular flexibility index (Phi) is 6.23. The van der Waals surface area contributed by atoms with Gasteiger partial charge in [-0.2, -0.15) is 0 Å². The van der Waals surface area contributed by atoms with Crippen molar-refractivity contribution in [2.24, 2.45) is 17.3 Å². The molecule has 0 heteroatoms. The van der Waals surface area contributed by atoms with Gasteiger partial charge in [0.25, 0.3) is 0 Å². The highest BCUT2D eigenvalue weighted by Gasteiger charge is 2.61. The Labute approximate surface area is 121 Å². The molecule has 0 heterocycles. The molecule has 2 unspecified atom stereocenters. The van der Waals surface area contributed by atoms with Crippen LogP contribution in [0.2, 0.25) is 0 Å². The van der Waals surface area contributed by atoms with Crippen LogP contribution < -0.4 is 0 Å². The van der Waals surface area contributed by atoms with Gasteiger partial charge >= 0.3 is 0 Å². The number of hydrogen-bond donors (Lipinski definition) is 0. The molecule has 0 aromatic heterocycles. The lowest BCUT2D eigenvalue weighted by atomic mass is 9.96. The van der Waals surface area contributed by atoms with Crippen molar-refractivity contribution >= 4 is 0 Å². The smallest absolute Gasteiger partial charge is 0.0266 e. The Morgan fingerprint density at radius 3 is 2.11 bits per heavy atom. The van der Waals surface area contributed by atoms with Gasteiger partial charge in [-0.15, -0.1) is 0 Å². The van der Waals surface area contributed by atoms with Gasteiger partial charge in [-0.1, -0.05) is 78.1 Å². The summed E-state index contributed by atoms with van der Waals surface area (Å²) in [6, 6.07) is 0. The molecule has 0 bridgehead atoms. The van der Waals surface area contributed by atoms with Gasteiger partial charge in [0.05, 0.1) is 0 Å². The fourth-order valence-corrected chi connectivity index (χ4v) is 3.91. The zero-order chi connectivity index (χ0) is 13.6. The molecule has 2 atom stereocenters. The third kappa shape index (κ3) is 5.48. The second kappa shape index (κ2) is 7.70. The summed E-state index contributed by atoms with van der Waals surface area (Å²) in [5.74, 6) is 2.15. The van der Waals surface area contributed by atoms with Gasteiger partial charge < -0.3 is 0 Å².